The van der Waals surface area contributed by atoms with Crippen LogP contribution in [0.15, 0.2) is 48.8 Å². The Bertz CT molecular complexity index is 833. The topological polar surface area (TPSA) is 80.8 Å². The summed E-state index contributed by atoms with van der Waals surface area (Å²) in [7, 11) is 0. The highest BCUT2D eigenvalue weighted by Gasteiger charge is 2.25. The van der Waals surface area contributed by atoms with Gasteiger partial charge in [-0.2, -0.15) is 0 Å². The number of rotatable bonds is 8. The molecule has 1 N–H and O–H groups in total. The highest BCUT2D eigenvalue weighted by Crippen LogP contribution is 2.23. The zero-order chi connectivity index (χ0) is 21.3. The standard InChI is InChI=1S/C23H29N3O4/c1-17(2)29-15-12-25-22(27)20-7-3-4-8-21(20)30-19-9-13-26(14-10-19)23(28)18-6-5-11-24-16-18/h3-8,11,16-17,19H,9-10,12-15H2,1-2H3,(H,25,27). The van der Waals surface area contributed by atoms with Gasteiger partial charge in [-0.05, 0) is 38.1 Å². The first kappa shape index (κ1) is 21.8. The van der Waals surface area contributed by atoms with E-state index in [0.29, 0.717) is 56.0 Å². The largest absolute Gasteiger partial charge is 0.489 e. The highest BCUT2D eigenvalue weighted by molar-refractivity contribution is 5.97. The van der Waals surface area contributed by atoms with E-state index in [4.69, 9.17) is 9.47 Å². The van der Waals surface area contributed by atoms with Crippen LogP contribution in [-0.4, -0.2) is 60.1 Å². The minimum absolute atomic E-state index is 0.00931. The zero-order valence-corrected chi connectivity index (χ0v) is 17.5. The molecular formula is C23H29N3O4. The molecule has 0 unspecified atom stereocenters. The summed E-state index contributed by atoms with van der Waals surface area (Å²) >= 11 is 0. The van der Waals surface area contributed by atoms with Crippen molar-refractivity contribution < 1.29 is 19.1 Å². The number of benzene rings is 1. The number of ether oxygens (including phenoxy) is 2. The van der Waals surface area contributed by atoms with Crippen molar-refractivity contribution in [2.24, 2.45) is 0 Å². The van der Waals surface area contributed by atoms with Crippen LogP contribution in [0.2, 0.25) is 0 Å². The van der Waals surface area contributed by atoms with Crippen molar-refractivity contribution in [3.8, 4) is 5.75 Å². The molecule has 1 saturated heterocycles. The van der Waals surface area contributed by atoms with Crippen molar-refractivity contribution in [2.45, 2.75) is 38.9 Å². The molecule has 0 bridgehead atoms. The van der Waals surface area contributed by atoms with E-state index < -0.39 is 0 Å². The second-order valence-electron chi connectivity index (χ2n) is 7.52. The van der Waals surface area contributed by atoms with Gasteiger partial charge in [0.25, 0.3) is 11.8 Å². The average Bonchev–Trinajstić information content (AvgIpc) is 2.77. The van der Waals surface area contributed by atoms with Crippen LogP contribution < -0.4 is 10.1 Å². The van der Waals surface area contributed by atoms with Crippen molar-refractivity contribution in [3.63, 3.8) is 0 Å². The number of aromatic nitrogens is 1. The molecule has 2 aromatic rings. The Kier molecular flexibility index (Phi) is 7.79. The number of nitrogens with zero attached hydrogens (tertiary/aromatic N) is 2. The van der Waals surface area contributed by atoms with Crippen molar-refractivity contribution in [1.29, 1.82) is 0 Å². The predicted octanol–water partition coefficient (Wildman–Crippen LogP) is 2.92. The molecule has 0 radical (unpaired) electrons. The lowest BCUT2D eigenvalue weighted by molar-refractivity contribution is 0.0592. The highest BCUT2D eigenvalue weighted by atomic mass is 16.5. The number of piperidine rings is 1. The van der Waals surface area contributed by atoms with Crippen molar-refractivity contribution >= 4 is 11.8 Å². The molecule has 1 aliphatic heterocycles. The van der Waals surface area contributed by atoms with E-state index in [1.165, 1.54) is 0 Å². The quantitative estimate of drug-likeness (QED) is 0.676. The molecule has 30 heavy (non-hydrogen) atoms. The van der Waals surface area contributed by atoms with Gasteiger partial charge in [0.15, 0.2) is 0 Å². The molecule has 2 heterocycles. The molecule has 1 aromatic carbocycles. The third-order valence-electron chi connectivity index (χ3n) is 4.90. The van der Waals surface area contributed by atoms with Crippen LogP contribution in [-0.2, 0) is 4.74 Å². The molecule has 2 amide bonds. The molecule has 1 aromatic heterocycles. The molecule has 1 aliphatic rings. The molecule has 0 atom stereocenters. The van der Waals surface area contributed by atoms with Crippen molar-refractivity contribution in [2.75, 3.05) is 26.2 Å². The maximum Gasteiger partial charge on any atom is 0.255 e. The maximum absolute atomic E-state index is 12.6. The minimum atomic E-state index is -0.179. The molecule has 3 rings (SSSR count). The Labute approximate surface area is 177 Å². The first-order valence-electron chi connectivity index (χ1n) is 10.4. The summed E-state index contributed by atoms with van der Waals surface area (Å²) in [5, 5.41) is 2.87. The number of hydrogen-bond acceptors (Lipinski definition) is 5. The van der Waals surface area contributed by atoms with E-state index in [0.717, 1.165) is 0 Å². The third kappa shape index (κ3) is 6.03. The Morgan fingerprint density at radius 2 is 1.93 bits per heavy atom. The van der Waals surface area contributed by atoms with E-state index in [-0.39, 0.29) is 24.0 Å². The SMILES string of the molecule is CC(C)OCCNC(=O)c1ccccc1OC1CCN(C(=O)c2cccnc2)CC1. The van der Waals surface area contributed by atoms with Crippen LogP contribution in [0.4, 0.5) is 0 Å². The number of carbonyl (C=O) groups is 2. The predicted molar refractivity (Wildman–Crippen MR) is 114 cm³/mol. The average molecular weight is 412 g/mol. The van der Waals surface area contributed by atoms with Gasteiger partial charge in [0, 0.05) is 44.9 Å². The summed E-state index contributed by atoms with van der Waals surface area (Å²) in [6, 6.07) is 10.8. The number of likely N-dealkylation sites (tertiary alicyclic amines) is 1. The van der Waals surface area contributed by atoms with Gasteiger partial charge in [-0.3, -0.25) is 14.6 Å². The summed E-state index contributed by atoms with van der Waals surface area (Å²) in [6.45, 7) is 6.05. The van der Waals surface area contributed by atoms with Gasteiger partial charge in [-0.25, -0.2) is 0 Å². The van der Waals surface area contributed by atoms with Gasteiger partial charge in [0.1, 0.15) is 11.9 Å². The summed E-state index contributed by atoms with van der Waals surface area (Å²) in [5.41, 5.74) is 1.11. The monoisotopic (exact) mass is 411 g/mol. The summed E-state index contributed by atoms with van der Waals surface area (Å²) in [4.78, 5) is 30.9. The summed E-state index contributed by atoms with van der Waals surface area (Å²) in [6.07, 6.45) is 4.76. The van der Waals surface area contributed by atoms with Gasteiger partial charge in [0.05, 0.1) is 23.8 Å². The fourth-order valence-corrected chi connectivity index (χ4v) is 3.34. The summed E-state index contributed by atoms with van der Waals surface area (Å²) < 4.78 is 11.6. The van der Waals surface area contributed by atoms with E-state index in [2.05, 4.69) is 10.3 Å². The van der Waals surface area contributed by atoms with Gasteiger partial charge < -0.3 is 19.7 Å². The lowest BCUT2D eigenvalue weighted by atomic mass is 10.1. The fourth-order valence-electron chi connectivity index (χ4n) is 3.34. The van der Waals surface area contributed by atoms with Crippen LogP contribution in [0.1, 0.15) is 47.4 Å². The zero-order valence-electron chi connectivity index (χ0n) is 17.5. The normalized spacial score (nSPS) is 14.6. The Balaban J connectivity index is 1.52. The number of hydrogen-bond donors (Lipinski definition) is 1. The van der Waals surface area contributed by atoms with Crippen LogP contribution in [0.5, 0.6) is 5.75 Å². The van der Waals surface area contributed by atoms with E-state index in [1.54, 1.807) is 30.6 Å². The van der Waals surface area contributed by atoms with Crippen LogP contribution in [0, 0.1) is 0 Å². The second-order valence-corrected chi connectivity index (χ2v) is 7.52. The fraction of sp³-hybridized carbons (Fsp3) is 0.435. The molecule has 0 spiro atoms. The second kappa shape index (κ2) is 10.7. The van der Waals surface area contributed by atoms with Gasteiger partial charge in [-0.15, -0.1) is 0 Å². The molecule has 0 saturated carbocycles. The Morgan fingerprint density at radius 1 is 1.17 bits per heavy atom. The van der Waals surface area contributed by atoms with E-state index in [9.17, 15) is 9.59 Å². The van der Waals surface area contributed by atoms with Crippen molar-refractivity contribution in [3.05, 3.63) is 59.9 Å². The van der Waals surface area contributed by atoms with Gasteiger partial charge >= 0.3 is 0 Å². The molecule has 0 aliphatic carbocycles. The number of pyridine rings is 1. The van der Waals surface area contributed by atoms with Gasteiger partial charge in [-0.1, -0.05) is 12.1 Å². The Hall–Kier alpha value is -2.93. The lowest BCUT2D eigenvalue weighted by Gasteiger charge is -2.32. The first-order valence-corrected chi connectivity index (χ1v) is 10.4. The lowest BCUT2D eigenvalue weighted by Crippen LogP contribution is -2.42. The molecule has 7 nitrogen and oxygen atoms in total. The smallest absolute Gasteiger partial charge is 0.255 e. The minimum Gasteiger partial charge on any atom is -0.489 e. The number of nitrogens with one attached hydrogen (secondary N) is 1. The first-order chi connectivity index (χ1) is 14.5. The van der Waals surface area contributed by atoms with Crippen molar-refractivity contribution in [1.82, 2.24) is 15.2 Å². The number of carbonyl (C=O) groups excluding carboxylic acids is 2. The van der Waals surface area contributed by atoms with Crippen LogP contribution >= 0.6 is 0 Å². The third-order valence-corrected chi connectivity index (χ3v) is 4.90. The molecule has 1 fully saturated rings. The number of amides is 2. The van der Waals surface area contributed by atoms with Gasteiger partial charge in [0.2, 0.25) is 0 Å². The Morgan fingerprint density at radius 3 is 2.63 bits per heavy atom. The van der Waals surface area contributed by atoms with Crippen LogP contribution in [0.3, 0.4) is 0 Å². The van der Waals surface area contributed by atoms with E-state index in [1.807, 2.05) is 36.9 Å². The molecular weight excluding hydrogens is 382 g/mol. The molecule has 7 heteroatoms. The van der Waals surface area contributed by atoms with Crippen LogP contribution in [0.25, 0.3) is 0 Å². The summed E-state index contributed by atoms with van der Waals surface area (Å²) in [5.74, 6) is 0.379. The number of para-hydroxylation sites is 1. The maximum atomic E-state index is 12.6. The van der Waals surface area contributed by atoms with E-state index >= 15 is 0 Å². The molecule has 160 valence electrons.